The summed E-state index contributed by atoms with van der Waals surface area (Å²) in [5, 5.41) is 22.0. The van der Waals surface area contributed by atoms with Crippen LogP contribution in [0.25, 0.3) is 10.6 Å². The van der Waals surface area contributed by atoms with Crippen molar-refractivity contribution >= 4 is 34.5 Å². The quantitative estimate of drug-likeness (QED) is 0.551. The number of carbonyl (C=O) groups is 1. The molecule has 2 aromatic carbocycles. The van der Waals surface area contributed by atoms with Crippen molar-refractivity contribution in [2.75, 3.05) is 5.32 Å². The molecule has 0 aliphatic rings. The van der Waals surface area contributed by atoms with Gasteiger partial charge in [-0.05, 0) is 30.7 Å². The first kappa shape index (κ1) is 20.2. The second-order valence-electron chi connectivity index (χ2n) is 5.80. The van der Waals surface area contributed by atoms with Crippen molar-refractivity contribution in [1.82, 2.24) is 4.98 Å². The second-order valence-corrected chi connectivity index (χ2v) is 7.29. The fourth-order valence-electron chi connectivity index (χ4n) is 2.60. The van der Waals surface area contributed by atoms with E-state index in [1.54, 1.807) is 0 Å². The number of rotatable bonds is 5. The van der Waals surface area contributed by atoms with Gasteiger partial charge in [-0.2, -0.15) is 0 Å². The Hall–Kier alpha value is -2.55. The molecule has 0 aliphatic carbocycles. The number of phenols is 1. The second kappa shape index (κ2) is 8.22. The van der Waals surface area contributed by atoms with Gasteiger partial charge in [-0.15, -0.1) is 11.3 Å². The number of hydrogen-bond donors (Lipinski definition) is 3. The van der Waals surface area contributed by atoms with Gasteiger partial charge in [-0.1, -0.05) is 24.6 Å². The fraction of sp³-hybridized carbons (Fsp3) is 0.158. The molecule has 1 aromatic heterocycles. The van der Waals surface area contributed by atoms with Crippen molar-refractivity contribution in [2.24, 2.45) is 0 Å². The number of benzene rings is 2. The lowest BCUT2D eigenvalue weighted by Gasteiger charge is -2.10. The van der Waals surface area contributed by atoms with E-state index in [0.717, 1.165) is 23.1 Å². The largest absolute Gasteiger partial charge is 0.507 e. The third-order valence-corrected chi connectivity index (χ3v) is 5.60. The number of carbonyl (C=O) groups excluding carboxylic acids is 1. The summed E-state index contributed by atoms with van der Waals surface area (Å²) in [6.45, 7) is 1.60. The number of aryl methyl sites for hydroxylation is 1. The molecule has 1 heterocycles. The normalized spacial score (nSPS) is 10.9. The van der Waals surface area contributed by atoms with Crippen LogP contribution in [-0.4, -0.2) is 21.1 Å². The Morgan fingerprint density at radius 3 is 2.64 bits per heavy atom. The zero-order chi connectivity index (χ0) is 20.4. The SMILES string of the molecule is CCc1sc(-c2cc(O)c(C(=O)Nc3c(F)cccc3Cl)cc2F)nc1CO. The van der Waals surface area contributed by atoms with E-state index in [2.05, 4.69) is 10.3 Å². The number of amides is 1. The van der Waals surface area contributed by atoms with Gasteiger partial charge in [-0.25, -0.2) is 13.8 Å². The minimum atomic E-state index is -0.917. The van der Waals surface area contributed by atoms with E-state index in [0.29, 0.717) is 12.1 Å². The van der Waals surface area contributed by atoms with Crippen LogP contribution in [0.3, 0.4) is 0 Å². The summed E-state index contributed by atoms with van der Waals surface area (Å²) in [6.07, 6.45) is 0.616. The summed E-state index contributed by atoms with van der Waals surface area (Å²) in [6, 6.07) is 5.79. The summed E-state index contributed by atoms with van der Waals surface area (Å²) in [5.41, 5.74) is -0.205. The number of aliphatic hydroxyl groups excluding tert-OH is 1. The van der Waals surface area contributed by atoms with Crippen molar-refractivity contribution in [1.29, 1.82) is 0 Å². The summed E-state index contributed by atoms with van der Waals surface area (Å²) < 4.78 is 28.5. The van der Waals surface area contributed by atoms with Crippen LogP contribution >= 0.6 is 22.9 Å². The van der Waals surface area contributed by atoms with Gasteiger partial charge in [0.15, 0.2) is 0 Å². The number of para-hydroxylation sites is 1. The molecule has 0 atom stereocenters. The van der Waals surface area contributed by atoms with Crippen LogP contribution in [0.1, 0.15) is 27.9 Å². The van der Waals surface area contributed by atoms with Crippen molar-refractivity contribution in [2.45, 2.75) is 20.0 Å². The van der Waals surface area contributed by atoms with E-state index in [1.165, 1.54) is 23.5 Å². The predicted molar refractivity (Wildman–Crippen MR) is 104 cm³/mol. The molecule has 0 radical (unpaired) electrons. The minimum absolute atomic E-state index is 0.00243. The molecule has 3 rings (SSSR count). The highest BCUT2D eigenvalue weighted by atomic mass is 35.5. The van der Waals surface area contributed by atoms with Gasteiger partial charge in [-0.3, -0.25) is 4.79 Å². The van der Waals surface area contributed by atoms with Crippen molar-refractivity contribution in [3.05, 3.63) is 63.1 Å². The van der Waals surface area contributed by atoms with Gasteiger partial charge in [0, 0.05) is 10.4 Å². The molecule has 3 aromatic rings. The number of hydrogen-bond acceptors (Lipinski definition) is 5. The molecule has 146 valence electrons. The van der Waals surface area contributed by atoms with Crippen LogP contribution in [0, 0.1) is 11.6 Å². The molecule has 0 saturated heterocycles. The van der Waals surface area contributed by atoms with Gasteiger partial charge >= 0.3 is 0 Å². The van der Waals surface area contributed by atoms with Crippen LogP contribution < -0.4 is 5.32 Å². The lowest BCUT2D eigenvalue weighted by molar-refractivity contribution is 0.102. The van der Waals surface area contributed by atoms with E-state index < -0.39 is 23.3 Å². The Morgan fingerprint density at radius 2 is 2.04 bits per heavy atom. The Balaban J connectivity index is 1.96. The molecule has 0 unspecified atom stereocenters. The van der Waals surface area contributed by atoms with Gasteiger partial charge in [0.2, 0.25) is 0 Å². The van der Waals surface area contributed by atoms with Crippen LogP contribution in [0.15, 0.2) is 30.3 Å². The topological polar surface area (TPSA) is 82.5 Å². The van der Waals surface area contributed by atoms with E-state index in [4.69, 9.17) is 11.6 Å². The van der Waals surface area contributed by atoms with Crippen LogP contribution in [0.2, 0.25) is 5.02 Å². The fourth-order valence-corrected chi connectivity index (χ4v) is 3.84. The molecular weight excluding hydrogens is 410 g/mol. The molecule has 0 bridgehead atoms. The Labute approximate surface area is 168 Å². The number of nitrogens with one attached hydrogen (secondary N) is 1. The molecule has 0 aliphatic heterocycles. The van der Waals surface area contributed by atoms with Crippen LogP contribution in [0.5, 0.6) is 5.75 Å². The molecule has 3 N–H and O–H groups in total. The number of aromatic hydroxyl groups is 1. The average molecular weight is 425 g/mol. The van der Waals surface area contributed by atoms with Crippen LogP contribution in [0.4, 0.5) is 14.5 Å². The lowest BCUT2D eigenvalue weighted by Crippen LogP contribution is -2.14. The van der Waals surface area contributed by atoms with Crippen LogP contribution in [-0.2, 0) is 13.0 Å². The molecule has 0 saturated carbocycles. The Kier molecular flexibility index (Phi) is 5.93. The van der Waals surface area contributed by atoms with Crippen molar-refractivity contribution < 1.29 is 23.8 Å². The highest BCUT2D eigenvalue weighted by Gasteiger charge is 2.21. The molecule has 0 fully saturated rings. The zero-order valence-corrected chi connectivity index (χ0v) is 16.2. The maximum Gasteiger partial charge on any atom is 0.259 e. The first-order valence-electron chi connectivity index (χ1n) is 8.23. The molecule has 1 amide bonds. The first-order chi connectivity index (χ1) is 13.3. The average Bonchev–Trinajstić information content (AvgIpc) is 3.09. The third kappa shape index (κ3) is 3.84. The molecule has 0 spiro atoms. The van der Waals surface area contributed by atoms with Gasteiger partial charge in [0.25, 0.3) is 5.91 Å². The van der Waals surface area contributed by atoms with E-state index in [1.807, 2.05) is 6.92 Å². The zero-order valence-electron chi connectivity index (χ0n) is 14.6. The Bertz CT molecular complexity index is 1010. The highest BCUT2D eigenvalue weighted by Crippen LogP contribution is 2.35. The maximum absolute atomic E-state index is 14.6. The third-order valence-electron chi connectivity index (χ3n) is 4.01. The number of nitrogens with zero attached hydrogens (tertiary/aromatic N) is 1. The number of aliphatic hydroxyl groups is 1. The van der Waals surface area contributed by atoms with Crippen molar-refractivity contribution in [3.63, 3.8) is 0 Å². The Morgan fingerprint density at radius 1 is 1.29 bits per heavy atom. The summed E-state index contributed by atoms with van der Waals surface area (Å²) >= 11 is 7.05. The predicted octanol–water partition coefficient (Wildman–Crippen LogP) is 4.75. The van der Waals surface area contributed by atoms with E-state index in [-0.39, 0.29) is 33.5 Å². The maximum atomic E-state index is 14.6. The van der Waals surface area contributed by atoms with Gasteiger partial charge < -0.3 is 15.5 Å². The smallest absolute Gasteiger partial charge is 0.259 e. The number of anilines is 1. The molecular formula is C19H15ClF2N2O3S. The van der Waals surface area contributed by atoms with Crippen molar-refractivity contribution in [3.8, 4) is 16.3 Å². The number of halogens is 3. The number of thiazole rings is 1. The van der Waals surface area contributed by atoms with E-state index >= 15 is 0 Å². The summed E-state index contributed by atoms with van der Waals surface area (Å²) in [5.74, 6) is -2.97. The monoisotopic (exact) mass is 424 g/mol. The number of aromatic nitrogens is 1. The molecule has 28 heavy (non-hydrogen) atoms. The van der Waals surface area contributed by atoms with Gasteiger partial charge in [0.1, 0.15) is 22.4 Å². The van der Waals surface area contributed by atoms with E-state index in [9.17, 15) is 23.8 Å². The van der Waals surface area contributed by atoms with Gasteiger partial charge in [0.05, 0.1) is 28.6 Å². The highest BCUT2D eigenvalue weighted by molar-refractivity contribution is 7.15. The summed E-state index contributed by atoms with van der Waals surface area (Å²) in [4.78, 5) is 17.4. The summed E-state index contributed by atoms with van der Waals surface area (Å²) in [7, 11) is 0. The minimum Gasteiger partial charge on any atom is -0.507 e. The molecule has 5 nitrogen and oxygen atoms in total. The number of phenolic OH excluding ortho intramolecular Hbond substituents is 1. The lowest BCUT2D eigenvalue weighted by atomic mass is 10.1. The molecule has 9 heteroatoms. The standard InChI is InChI=1S/C19H15ClF2N2O3S/c1-2-16-14(8-25)23-19(28-16)9-7-15(26)10(6-13(9)22)18(27)24-17-11(20)4-3-5-12(17)21/h3-7,25-26H,2,8H2,1H3,(H,24,27). The first-order valence-corrected chi connectivity index (χ1v) is 9.42.